The number of benzene rings is 2. The largest absolute Gasteiger partial charge is 0.345 e. The topological polar surface area (TPSA) is 68.0 Å². The standard InChI is InChI=1S/C18H17N3O2/c1-2-17-20-16(21-23-17)12-19-18(22)15-11-7-6-10-14(15)13-8-4-3-5-9-13/h3-11H,2,12H2,1H3,(H,19,22). The van der Waals surface area contributed by atoms with Crippen LogP contribution in [0.3, 0.4) is 0 Å². The summed E-state index contributed by atoms with van der Waals surface area (Å²) < 4.78 is 5.03. The Morgan fingerprint density at radius 2 is 1.83 bits per heavy atom. The molecule has 0 fully saturated rings. The van der Waals surface area contributed by atoms with E-state index in [9.17, 15) is 4.79 Å². The van der Waals surface area contributed by atoms with E-state index < -0.39 is 0 Å². The van der Waals surface area contributed by atoms with Gasteiger partial charge in [0.1, 0.15) is 0 Å². The van der Waals surface area contributed by atoms with Crippen molar-refractivity contribution in [2.24, 2.45) is 0 Å². The number of carbonyl (C=O) groups excluding carboxylic acids is 1. The fourth-order valence-electron chi connectivity index (χ4n) is 2.31. The lowest BCUT2D eigenvalue weighted by atomic mass is 9.99. The van der Waals surface area contributed by atoms with Gasteiger partial charge in [-0.05, 0) is 17.2 Å². The Kier molecular flexibility index (Phi) is 4.47. The smallest absolute Gasteiger partial charge is 0.252 e. The molecule has 0 unspecified atom stereocenters. The van der Waals surface area contributed by atoms with E-state index in [4.69, 9.17) is 4.52 Å². The van der Waals surface area contributed by atoms with Crippen molar-refractivity contribution in [1.29, 1.82) is 0 Å². The lowest BCUT2D eigenvalue weighted by molar-refractivity contribution is 0.0950. The molecule has 0 aliphatic heterocycles. The zero-order chi connectivity index (χ0) is 16.1. The monoisotopic (exact) mass is 307 g/mol. The Labute approximate surface area is 134 Å². The second kappa shape index (κ2) is 6.87. The number of aromatic nitrogens is 2. The number of nitrogens with zero attached hydrogens (tertiary/aromatic N) is 2. The second-order valence-corrected chi connectivity index (χ2v) is 5.05. The van der Waals surface area contributed by atoms with Crippen LogP contribution in [-0.4, -0.2) is 16.0 Å². The summed E-state index contributed by atoms with van der Waals surface area (Å²) in [6.45, 7) is 2.18. The molecule has 1 heterocycles. The van der Waals surface area contributed by atoms with E-state index in [1.165, 1.54) is 0 Å². The van der Waals surface area contributed by atoms with Crippen LogP contribution in [0.5, 0.6) is 0 Å². The Hall–Kier alpha value is -2.95. The number of amides is 1. The van der Waals surface area contributed by atoms with Gasteiger partial charge in [-0.15, -0.1) is 0 Å². The average molecular weight is 307 g/mol. The molecule has 0 saturated heterocycles. The van der Waals surface area contributed by atoms with E-state index in [-0.39, 0.29) is 12.5 Å². The van der Waals surface area contributed by atoms with Gasteiger partial charge in [0.05, 0.1) is 6.54 Å². The van der Waals surface area contributed by atoms with Gasteiger partial charge in [-0.25, -0.2) is 0 Å². The normalized spacial score (nSPS) is 10.5. The average Bonchev–Trinajstić information content (AvgIpc) is 3.08. The van der Waals surface area contributed by atoms with Crippen molar-refractivity contribution in [2.75, 3.05) is 0 Å². The highest BCUT2D eigenvalue weighted by molar-refractivity contribution is 6.00. The fourth-order valence-corrected chi connectivity index (χ4v) is 2.31. The molecule has 0 spiro atoms. The predicted molar refractivity (Wildman–Crippen MR) is 86.7 cm³/mol. The quantitative estimate of drug-likeness (QED) is 0.786. The minimum absolute atomic E-state index is 0.160. The van der Waals surface area contributed by atoms with E-state index in [1.807, 2.05) is 61.5 Å². The van der Waals surface area contributed by atoms with Gasteiger partial charge in [-0.2, -0.15) is 4.98 Å². The Morgan fingerprint density at radius 3 is 2.57 bits per heavy atom. The summed E-state index contributed by atoms with van der Waals surface area (Å²) in [5, 5.41) is 6.67. The number of rotatable bonds is 5. The SMILES string of the molecule is CCc1nc(CNC(=O)c2ccccc2-c2ccccc2)no1. The minimum Gasteiger partial charge on any atom is -0.345 e. The molecule has 3 aromatic rings. The van der Waals surface area contributed by atoms with Gasteiger partial charge in [0.2, 0.25) is 5.89 Å². The second-order valence-electron chi connectivity index (χ2n) is 5.05. The van der Waals surface area contributed by atoms with Crippen molar-refractivity contribution in [3.8, 4) is 11.1 Å². The first-order chi connectivity index (χ1) is 11.3. The van der Waals surface area contributed by atoms with Crippen LogP contribution in [0.4, 0.5) is 0 Å². The third-order valence-corrected chi connectivity index (χ3v) is 3.48. The van der Waals surface area contributed by atoms with Crippen molar-refractivity contribution >= 4 is 5.91 Å². The van der Waals surface area contributed by atoms with Crippen LogP contribution in [0.25, 0.3) is 11.1 Å². The molecule has 5 heteroatoms. The van der Waals surface area contributed by atoms with E-state index in [2.05, 4.69) is 15.5 Å². The highest BCUT2D eigenvalue weighted by Crippen LogP contribution is 2.23. The number of hydrogen-bond donors (Lipinski definition) is 1. The molecule has 0 saturated carbocycles. The van der Waals surface area contributed by atoms with Crippen molar-refractivity contribution in [1.82, 2.24) is 15.5 Å². The molecule has 1 N–H and O–H groups in total. The maximum absolute atomic E-state index is 12.5. The molecular weight excluding hydrogens is 290 g/mol. The maximum Gasteiger partial charge on any atom is 0.252 e. The maximum atomic E-state index is 12.5. The van der Waals surface area contributed by atoms with Crippen molar-refractivity contribution in [2.45, 2.75) is 19.9 Å². The third kappa shape index (κ3) is 3.45. The fraction of sp³-hybridized carbons (Fsp3) is 0.167. The molecule has 0 bridgehead atoms. The summed E-state index contributed by atoms with van der Waals surface area (Å²) in [6, 6.07) is 17.4. The van der Waals surface area contributed by atoms with E-state index >= 15 is 0 Å². The van der Waals surface area contributed by atoms with E-state index in [0.717, 1.165) is 11.1 Å². The van der Waals surface area contributed by atoms with Crippen molar-refractivity contribution < 1.29 is 9.32 Å². The van der Waals surface area contributed by atoms with Crippen LogP contribution in [0.15, 0.2) is 59.1 Å². The summed E-state index contributed by atoms with van der Waals surface area (Å²) in [5.41, 5.74) is 2.52. The zero-order valence-electron chi connectivity index (χ0n) is 12.8. The molecule has 0 aliphatic rings. The first-order valence-corrected chi connectivity index (χ1v) is 7.52. The lowest BCUT2D eigenvalue weighted by Gasteiger charge is -2.09. The third-order valence-electron chi connectivity index (χ3n) is 3.48. The van der Waals surface area contributed by atoms with Crippen LogP contribution in [0, 0.1) is 0 Å². The Bertz CT molecular complexity index is 797. The Morgan fingerprint density at radius 1 is 1.09 bits per heavy atom. The van der Waals surface area contributed by atoms with Crippen molar-refractivity contribution in [3.63, 3.8) is 0 Å². The zero-order valence-corrected chi connectivity index (χ0v) is 12.8. The van der Waals surface area contributed by atoms with Gasteiger partial charge >= 0.3 is 0 Å². The summed E-state index contributed by atoms with van der Waals surface area (Å²) in [6.07, 6.45) is 0.678. The molecule has 0 atom stereocenters. The van der Waals surface area contributed by atoms with Gasteiger partial charge in [0, 0.05) is 12.0 Å². The van der Waals surface area contributed by atoms with Crippen LogP contribution >= 0.6 is 0 Å². The van der Waals surface area contributed by atoms with Crippen LogP contribution in [0.1, 0.15) is 29.0 Å². The van der Waals surface area contributed by atoms with Crippen LogP contribution in [0.2, 0.25) is 0 Å². The van der Waals surface area contributed by atoms with Gasteiger partial charge in [-0.3, -0.25) is 4.79 Å². The van der Waals surface area contributed by atoms with Gasteiger partial charge < -0.3 is 9.84 Å². The predicted octanol–water partition coefficient (Wildman–Crippen LogP) is 3.23. The van der Waals surface area contributed by atoms with Gasteiger partial charge in [-0.1, -0.05) is 60.6 Å². The molecule has 3 rings (SSSR count). The van der Waals surface area contributed by atoms with Crippen LogP contribution in [-0.2, 0) is 13.0 Å². The summed E-state index contributed by atoms with van der Waals surface area (Å²) in [5.74, 6) is 0.888. The van der Waals surface area contributed by atoms with Crippen LogP contribution < -0.4 is 5.32 Å². The number of hydrogen-bond acceptors (Lipinski definition) is 4. The van der Waals surface area contributed by atoms with Gasteiger partial charge in [0.25, 0.3) is 5.91 Å². The highest BCUT2D eigenvalue weighted by atomic mass is 16.5. The molecule has 2 aromatic carbocycles. The molecule has 0 aliphatic carbocycles. The van der Waals surface area contributed by atoms with Crippen molar-refractivity contribution in [3.05, 3.63) is 71.9 Å². The van der Waals surface area contributed by atoms with E-state index in [0.29, 0.717) is 23.7 Å². The summed E-state index contributed by atoms with van der Waals surface area (Å²) in [4.78, 5) is 16.7. The van der Waals surface area contributed by atoms with E-state index in [1.54, 1.807) is 0 Å². The lowest BCUT2D eigenvalue weighted by Crippen LogP contribution is -2.24. The molecular formula is C18H17N3O2. The first kappa shape index (κ1) is 15.0. The first-order valence-electron chi connectivity index (χ1n) is 7.52. The highest BCUT2D eigenvalue weighted by Gasteiger charge is 2.13. The number of nitrogens with one attached hydrogen (secondary N) is 1. The van der Waals surface area contributed by atoms with Gasteiger partial charge in [0.15, 0.2) is 5.82 Å². The number of aryl methyl sites for hydroxylation is 1. The molecule has 23 heavy (non-hydrogen) atoms. The molecule has 5 nitrogen and oxygen atoms in total. The molecule has 1 aromatic heterocycles. The molecule has 1 amide bonds. The molecule has 0 radical (unpaired) electrons. The Balaban J connectivity index is 1.77. The molecule has 116 valence electrons. The minimum atomic E-state index is -0.160. The summed E-state index contributed by atoms with van der Waals surface area (Å²) >= 11 is 0. The summed E-state index contributed by atoms with van der Waals surface area (Å²) in [7, 11) is 0. The number of carbonyl (C=O) groups is 1.